The van der Waals surface area contributed by atoms with Crippen molar-refractivity contribution in [2.75, 3.05) is 20.2 Å². The van der Waals surface area contributed by atoms with Gasteiger partial charge in [-0.15, -0.1) is 0 Å². The molecular weight excluding hydrogens is 344 g/mol. The van der Waals surface area contributed by atoms with Crippen LogP contribution < -0.4 is 5.69 Å². The third-order valence-electron chi connectivity index (χ3n) is 5.66. The minimum absolute atomic E-state index is 0.0208. The summed E-state index contributed by atoms with van der Waals surface area (Å²) in [6.07, 6.45) is 3.25. The molecule has 7 nitrogen and oxygen atoms in total. The Morgan fingerprint density at radius 2 is 2.04 bits per heavy atom. The topological polar surface area (TPSA) is 69.4 Å². The Labute approximate surface area is 158 Å². The summed E-state index contributed by atoms with van der Waals surface area (Å²) >= 11 is 0. The van der Waals surface area contributed by atoms with Crippen LogP contribution >= 0.6 is 0 Å². The molecule has 0 saturated carbocycles. The smallest absolute Gasteiger partial charge is 0.346 e. The van der Waals surface area contributed by atoms with E-state index in [1.165, 1.54) is 10.2 Å². The van der Waals surface area contributed by atoms with E-state index in [2.05, 4.69) is 5.10 Å². The fraction of sp³-hybridized carbons (Fsp3) is 0.550. The van der Waals surface area contributed by atoms with Gasteiger partial charge in [0.15, 0.2) is 0 Å². The second-order valence-electron chi connectivity index (χ2n) is 7.55. The zero-order chi connectivity index (χ0) is 19.0. The number of amides is 1. The molecule has 4 rings (SSSR count). The third kappa shape index (κ3) is 3.43. The molecule has 3 heterocycles. The number of carbonyl (C=O) groups is 1. The quantitative estimate of drug-likeness (QED) is 0.818. The van der Waals surface area contributed by atoms with Crippen molar-refractivity contribution in [2.24, 2.45) is 0 Å². The van der Waals surface area contributed by atoms with E-state index in [1.807, 2.05) is 36.1 Å². The van der Waals surface area contributed by atoms with Crippen molar-refractivity contribution in [3.05, 3.63) is 51.7 Å². The number of methoxy groups -OCH3 is 1. The van der Waals surface area contributed by atoms with Crippen LogP contribution in [0.2, 0.25) is 0 Å². The summed E-state index contributed by atoms with van der Waals surface area (Å²) in [5.74, 6) is 0.742. The molecule has 2 atom stereocenters. The van der Waals surface area contributed by atoms with Crippen molar-refractivity contribution in [1.29, 1.82) is 0 Å². The molecule has 0 radical (unpaired) electrons. The molecule has 1 fully saturated rings. The Balaban J connectivity index is 1.59. The molecule has 1 saturated heterocycles. The number of nitrogens with zero attached hydrogens (tertiary/aromatic N) is 4. The first-order valence-corrected chi connectivity index (χ1v) is 9.62. The second kappa shape index (κ2) is 7.31. The van der Waals surface area contributed by atoms with Gasteiger partial charge in [0, 0.05) is 26.6 Å². The lowest BCUT2D eigenvalue weighted by Crippen LogP contribution is -2.42. The lowest BCUT2D eigenvalue weighted by atomic mass is 10.0. The second-order valence-corrected chi connectivity index (χ2v) is 7.55. The van der Waals surface area contributed by atoms with Crippen molar-refractivity contribution in [2.45, 2.75) is 51.3 Å². The van der Waals surface area contributed by atoms with E-state index < -0.39 is 6.04 Å². The minimum atomic E-state index is -0.441. The van der Waals surface area contributed by atoms with Crippen molar-refractivity contribution < 1.29 is 9.53 Å². The molecule has 0 bridgehead atoms. The first-order chi connectivity index (χ1) is 13.1. The lowest BCUT2D eigenvalue weighted by Gasteiger charge is -2.27. The van der Waals surface area contributed by atoms with Gasteiger partial charge in [0.1, 0.15) is 11.9 Å². The summed E-state index contributed by atoms with van der Waals surface area (Å²) in [6.45, 7) is 3.76. The maximum absolute atomic E-state index is 13.1. The van der Waals surface area contributed by atoms with E-state index in [0.717, 1.165) is 30.7 Å². The molecule has 2 aliphatic rings. The van der Waals surface area contributed by atoms with Gasteiger partial charge in [0.05, 0.1) is 12.6 Å². The summed E-state index contributed by atoms with van der Waals surface area (Å²) in [6, 6.07) is 7.64. The van der Waals surface area contributed by atoms with Gasteiger partial charge in [-0.05, 0) is 31.7 Å². The average Bonchev–Trinajstić information content (AvgIpc) is 3.28. The third-order valence-corrected chi connectivity index (χ3v) is 5.66. The van der Waals surface area contributed by atoms with Crippen LogP contribution in [0.5, 0.6) is 0 Å². The lowest BCUT2D eigenvalue weighted by molar-refractivity contribution is -0.134. The fourth-order valence-corrected chi connectivity index (χ4v) is 4.07. The van der Waals surface area contributed by atoms with Gasteiger partial charge >= 0.3 is 5.69 Å². The Hall–Kier alpha value is -2.41. The summed E-state index contributed by atoms with van der Waals surface area (Å²) in [5, 5.41) is 4.53. The van der Waals surface area contributed by atoms with E-state index in [1.54, 1.807) is 11.7 Å². The van der Waals surface area contributed by atoms with E-state index in [-0.39, 0.29) is 17.7 Å². The molecule has 1 unspecified atom stereocenters. The van der Waals surface area contributed by atoms with Gasteiger partial charge in [0.25, 0.3) is 0 Å². The Kier molecular flexibility index (Phi) is 4.86. The van der Waals surface area contributed by atoms with E-state index >= 15 is 0 Å². The highest BCUT2D eigenvalue weighted by Crippen LogP contribution is 2.26. The monoisotopic (exact) mass is 370 g/mol. The Morgan fingerprint density at radius 3 is 2.74 bits per heavy atom. The molecule has 1 aromatic heterocycles. The molecule has 0 aliphatic carbocycles. The molecule has 0 spiro atoms. The van der Waals surface area contributed by atoms with E-state index in [4.69, 9.17) is 4.74 Å². The number of aromatic nitrogens is 3. The molecular formula is C20H26N4O3. The molecule has 7 heteroatoms. The highest BCUT2D eigenvalue weighted by Gasteiger charge is 2.36. The number of rotatable bonds is 4. The number of aryl methyl sites for hydroxylation is 2. The number of ether oxygens (including phenoxy) is 1. The van der Waals surface area contributed by atoms with Crippen LogP contribution in [-0.2, 0) is 22.5 Å². The van der Waals surface area contributed by atoms with E-state index in [0.29, 0.717) is 26.1 Å². The van der Waals surface area contributed by atoms with Crippen LogP contribution in [-0.4, -0.2) is 51.5 Å². The average molecular weight is 370 g/mol. The molecule has 144 valence electrons. The Bertz CT molecular complexity index is 884. The van der Waals surface area contributed by atoms with Crippen LogP contribution in [0.1, 0.15) is 42.3 Å². The van der Waals surface area contributed by atoms with Gasteiger partial charge < -0.3 is 9.64 Å². The Morgan fingerprint density at radius 1 is 1.26 bits per heavy atom. The number of hydrogen-bond donors (Lipinski definition) is 0. The number of benzene rings is 1. The first kappa shape index (κ1) is 18.0. The minimum Gasteiger partial charge on any atom is -0.380 e. The van der Waals surface area contributed by atoms with Crippen LogP contribution in [0, 0.1) is 6.92 Å². The number of carbonyl (C=O) groups excluding carboxylic acids is 1. The fourth-order valence-electron chi connectivity index (χ4n) is 4.07. The van der Waals surface area contributed by atoms with Gasteiger partial charge in [0.2, 0.25) is 5.91 Å². The van der Waals surface area contributed by atoms with Gasteiger partial charge in [-0.3, -0.25) is 9.36 Å². The predicted molar refractivity (Wildman–Crippen MR) is 101 cm³/mol. The highest BCUT2D eigenvalue weighted by atomic mass is 16.5. The van der Waals surface area contributed by atoms with Gasteiger partial charge in [-0.2, -0.15) is 5.10 Å². The molecule has 0 N–H and O–H groups in total. The van der Waals surface area contributed by atoms with Crippen molar-refractivity contribution >= 4 is 5.91 Å². The number of hydrogen-bond acceptors (Lipinski definition) is 4. The zero-order valence-electron chi connectivity index (χ0n) is 15.9. The van der Waals surface area contributed by atoms with Crippen molar-refractivity contribution in [1.82, 2.24) is 19.2 Å². The first-order valence-electron chi connectivity index (χ1n) is 9.62. The van der Waals surface area contributed by atoms with Crippen LogP contribution in [0.3, 0.4) is 0 Å². The van der Waals surface area contributed by atoms with Crippen LogP contribution in [0.15, 0.2) is 29.1 Å². The van der Waals surface area contributed by atoms with Crippen molar-refractivity contribution in [3.8, 4) is 0 Å². The number of fused-ring (bicyclic) bond motifs is 1. The number of likely N-dealkylation sites (tertiary alicyclic amines) is 1. The predicted octanol–water partition coefficient (Wildman–Crippen LogP) is 1.53. The van der Waals surface area contributed by atoms with Crippen molar-refractivity contribution in [3.63, 3.8) is 0 Å². The molecule has 27 heavy (non-hydrogen) atoms. The van der Waals surface area contributed by atoms with Gasteiger partial charge in [-0.1, -0.05) is 29.8 Å². The molecule has 2 aromatic rings. The summed E-state index contributed by atoms with van der Waals surface area (Å²) < 4.78 is 8.49. The normalized spacial score (nSPS) is 22.1. The van der Waals surface area contributed by atoms with Gasteiger partial charge in [-0.25, -0.2) is 9.48 Å². The largest absolute Gasteiger partial charge is 0.380 e. The maximum Gasteiger partial charge on any atom is 0.346 e. The molecule has 1 amide bonds. The SMILES string of the molecule is CO[C@H]1CCN(C(=O)C2CCCc3nn(Cc4ccc(C)cc4)c(=O)n32)C1. The molecule has 2 aliphatic heterocycles. The summed E-state index contributed by atoms with van der Waals surface area (Å²) in [5.41, 5.74) is 2.02. The molecule has 1 aromatic carbocycles. The zero-order valence-corrected chi connectivity index (χ0v) is 15.9. The summed E-state index contributed by atoms with van der Waals surface area (Å²) in [7, 11) is 1.68. The standard InChI is InChI=1S/C20H26N4O3/c1-14-6-8-15(9-7-14)12-23-20(26)24-17(4-3-5-18(24)21-23)19(25)22-11-10-16(13-22)27-2/h6-9,16-17H,3-5,10-13H2,1-2H3/t16-,17?/m0/s1. The van der Waals surface area contributed by atoms with Crippen LogP contribution in [0.4, 0.5) is 0 Å². The van der Waals surface area contributed by atoms with E-state index in [9.17, 15) is 9.59 Å². The summed E-state index contributed by atoms with van der Waals surface area (Å²) in [4.78, 5) is 27.9. The highest BCUT2D eigenvalue weighted by molar-refractivity contribution is 5.81. The maximum atomic E-state index is 13.1. The van der Waals surface area contributed by atoms with Crippen LogP contribution in [0.25, 0.3) is 0 Å².